The van der Waals surface area contributed by atoms with Crippen molar-refractivity contribution in [2.24, 2.45) is 5.73 Å². The van der Waals surface area contributed by atoms with Gasteiger partial charge in [0, 0.05) is 5.69 Å². The lowest BCUT2D eigenvalue weighted by Crippen LogP contribution is -2.22. The first kappa shape index (κ1) is 12.0. The van der Waals surface area contributed by atoms with Gasteiger partial charge in [-0.05, 0) is 12.1 Å². The van der Waals surface area contributed by atoms with Crippen LogP contribution in [0.3, 0.4) is 0 Å². The Bertz CT molecular complexity index is 569. The Labute approximate surface area is 106 Å². The summed E-state index contributed by atoms with van der Waals surface area (Å²) in [6.45, 7) is 0. The number of amides is 3. The number of rotatable bonds is 3. The minimum atomic E-state index is -0.795. The second-order valence-electron chi connectivity index (χ2n) is 3.27. The van der Waals surface area contributed by atoms with Crippen molar-refractivity contribution < 1.29 is 9.59 Å². The van der Waals surface area contributed by atoms with Crippen LogP contribution in [0.2, 0.25) is 0 Å². The highest BCUT2D eigenvalue weighted by Gasteiger charge is 2.17. The van der Waals surface area contributed by atoms with Gasteiger partial charge in [0.25, 0.3) is 5.91 Å². The summed E-state index contributed by atoms with van der Waals surface area (Å²) >= 11 is 0.816. The molecule has 0 aliphatic rings. The van der Waals surface area contributed by atoms with E-state index in [9.17, 15) is 9.59 Å². The van der Waals surface area contributed by atoms with Gasteiger partial charge in [-0.25, -0.2) is 4.79 Å². The number of anilines is 2. The lowest BCUT2D eigenvalue weighted by molar-refractivity contribution is 0.102. The highest BCUT2D eigenvalue weighted by Crippen LogP contribution is 2.14. The minimum absolute atomic E-state index is 0.0302. The van der Waals surface area contributed by atoms with Crippen molar-refractivity contribution >= 4 is 35.2 Å². The number of primary amides is 1. The van der Waals surface area contributed by atoms with E-state index in [2.05, 4.69) is 19.4 Å². The molecule has 2 aromatic rings. The highest BCUT2D eigenvalue weighted by molar-refractivity contribution is 6.99. The van der Waals surface area contributed by atoms with Gasteiger partial charge in [0.15, 0.2) is 11.5 Å². The first-order valence-corrected chi connectivity index (χ1v) is 5.65. The molecule has 0 radical (unpaired) electrons. The van der Waals surface area contributed by atoms with Crippen molar-refractivity contribution in [2.75, 3.05) is 10.6 Å². The monoisotopic (exact) mass is 263 g/mol. The van der Waals surface area contributed by atoms with Crippen LogP contribution in [0.4, 0.5) is 16.3 Å². The van der Waals surface area contributed by atoms with Gasteiger partial charge in [-0.3, -0.25) is 10.1 Å². The van der Waals surface area contributed by atoms with E-state index in [0.29, 0.717) is 5.69 Å². The zero-order valence-electron chi connectivity index (χ0n) is 9.08. The number of carbonyl (C=O) groups excluding carboxylic acids is 2. The molecule has 0 atom stereocenters. The van der Waals surface area contributed by atoms with Crippen molar-refractivity contribution in [3.63, 3.8) is 0 Å². The van der Waals surface area contributed by atoms with E-state index in [0.717, 1.165) is 11.7 Å². The number of carbonyl (C=O) groups is 2. The molecule has 0 aliphatic carbocycles. The number of para-hydroxylation sites is 1. The molecule has 1 heterocycles. The van der Waals surface area contributed by atoms with Crippen molar-refractivity contribution in [1.82, 2.24) is 8.75 Å². The molecule has 0 saturated heterocycles. The largest absolute Gasteiger partial charge is 0.351 e. The number of hydrogen-bond acceptors (Lipinski definition) is 5. The van der Waals surface area contributed by atoms with Crippen LogP contribution in [0.1, 0.15) is 10.5 Å². The second kappa shape index (κ2) is 5.23. The van der Waals surface area contributed by atoms with Gasteiger partial charge in [-0.15, -0.1) is 0 Å². The van der Waals surface area contributed by atoms with E-state index in [1.807, 2.05) is 6.07 Å². The minimum Gasteiger partial charge on any atom is -0.351 e. The molecular formula is C10H9N5O2S. The number of aromatic nitrogens is 2. The molecule has 0 fully saturated rings. The van der Waals surface area contributed by atoms with Gasteiger partial charge in [-0.1, -0.05) is 18.2 Å². The van der Waals surface area contributed by atoms with E-state index in [-0.39, 0.29) is 11.5 Å². The number of urea groups is 1. The van der Waals surface area contributed by atoms with Crippen LogP contribution in [0.15, 0.2) is 30.3 Å². The van der Waals surface area contributed by atoms with Crippen LogP contribution in [0.5, 0.6) is 0 Å². The smallest absolute Gasteiger partial charge is 0.317 e. The van der Waals surface area contributed by atoms with Crippen molar-refractivity contribution in [3.8, 4) is 0 Å². The topological polar surface area (TPSA) is 110 Å². The maximum Gasteiger partial charge on any atom is 0.317 e. The van der Waals surface area contributed by atoms with E-state index in [4.69, 9.17) is 5.73 Å². The average molecular weight is 263 g/mol. The maximum atomic E-state index is 11.9. The van der Waals surface area contributed by atoms with Crippen LogP contribution < -0.4 is 16.4 Å². The van der Waals surface area contributed by atoms with Crippen LogP contribution in [0.25, 0.3) is 0 Å². The fraction of sp³-hybridized carbons (Fsp3) is 0. The Kier molecular flexibility index (Phi) is 3.49. The Morgan fingerprint density at radius 3 is 2.50 bits per heavy atom. The SMILES string of the molecule is NC(=O)Nc1nsnc1C(=O)Nc1ccccc1. The Balaban J connectivity index is 2.14. The average Bonchev–Trinajstić information content (AvgIpc) is 2.77. The molecule has 4 N–H and O–H groups in total. The summed E-state index contributed by atoms with van der Waals surface area (Å²) in [5.74, 6) is -0.403. The molecule has 0 unspecified atom stereocenters. The third-order valence-corrected chi connectivity index (χ3v) is 2.51. The van der Waals surface area contributed by atoms with Crippen LogP contribution in [-0.2, 0) is 0 Å². The molecular weight excluding hydrogens is 254 g/mol. The van der Waals surface area contributed by atoms with Gasteiger partial charge < -0.3 is 11.1 Å². The number of nitrogens with two attached hydrogens (primary N) is 1. The summed E-state index contributed by atoms with van der Waals surface area (Å²) in [7, 11) is 0. The first-order valence-electron chi connectivity index (χ1n) is 4.92. The molecule has 0 bridgehead atoms. The predicted molar refractivity (Wildman–Crippen MR) is 67.5 cm³/mol. The molecule has 1 aromatic heterocycles. The van der Waals surface area contributed by atoms with Gasteiger partial charge in [-0.2, -0.15) is 8.75 Å². The molecule has 18 heavy (non-hydrogen) atoms. The zero-order valence-corrected chi connectivity index (χ0v) is 9.90. The standard InChI is InChI=1S/C10H9N5O2S/c11-10(17)13-8-7(14-18-15-8)9(16)12-6-4-2-1-3-5-6/h1-5H,(H,12,16)(H3,11,13,15,17). The zero-order chi connectivity index (χ0) is 13.0. The van der Waals surface area contributed by atoms with Crippen LogP contribution >= 0.6 is 11.7 Å². The van der Waals surface area contributed by atoms with Crippen molar-refractivity contribution in [2.45, 2.75) is 0 Å². The Hall–Kier alpha value is -2.48. The van der Waals surface area contributed by atoms with E-state index >= 15 is 0 Å². The predicted octanol–water partition coefficient (Wildman–Crippen LogP) is 1.28. The molecule has 92 valence electrons. The van der Waals surface area contributed by atoms with Crippen LogP contribution in [-0.4, -0.2) is 20.7 Å². The van der Waals surface area contributed by atoms with Gasteiger partial charge in [0.2, 0.25) is 0 Å². The van der Waals surface area contributed by atoms with Crippen molar-refractivity contribution in [1.29, 1.82) is 0 Å². The summed E-state index contributed by atoms with van der Waals surface area (Å²) in [6, 6.07) is 8.09. The number of hydrogen-bond donors (Lipinski definition) is 3. The summed E-state index contributed by atoms with van der Waals surface area (Å²) in [6.07, 6.45) is 0. The number of nitrogens with zero attached hydrogens (tertiary/aromatic N) is 2. The fourth-order valence-corrected chi connectivity index (χ4v) is 1.75. The number of nitrogens with one attached hydrogen (secondary N) is 2. The third kappa shape index (κ3) is 2.80. The normalized spacial score (nSPS) is 9.78. The van der Waals surface area contributed by atoms with E-state index < -0.39 is 11.9 Å². The Morgan fingerprint density at radius 2 is 1.83 bits per heavy atom. The number of benzene rings is 1. The maximum absolute atomic E-state index is 11.9. The van der Waals surface area contributed by atoms with Gasteiger partial charge in [0.1, 0.15) is 0 Å². The highest BCUT2D eigenvalue weighted by atomic mass is 32.1. The summed E-state index contributed by atoms with van der Waals surface area (Å²) in [5.41, 5.74) is 5.62. The van der Waals surface area contributed by atoms with Crippen molar-refractivity contribution in [3.05, 3.63) is 36.0 Å². The summed E-state index contributed by atoms with van der Waals surface area (Å²) in [4.78, 5) is 22.6. The fourth-order valence-electron chi connectivity index (χ4n) is 1.25. The molecule has 0 spiro atoms. The molecule has 0 saturated carbocycles. The first-order chi connectivity index (χ1) is 8.66. The van der Waals surface area contributed by atoms with Gasteiger partial charge >= 0.3 is 6.03 Å². The van der Waals surface area contributed by atoms with E-state index in [1.54, 1.807) is 24.3 Å². The lowest BCUT2D eigenvalue weighted by atomic mass is 10.3. The second-order valence-corrected chi connectivity index (χ2v) is 3.80. The molecule has 0 aliphatic heterocycles. The third-order valence-electron chi connectivity index (χ3n) is 1.98. The van der Waals surface area contributed by atoms with Gasteiger partial charge in [0.05, 0.1) is 11.7 Å². The molecule has 7 nitrogen and oxygen atoms in total. The Morgan fingerprint density at radius 1 is 1.11 bits per heavy atom. The molecule has 8 heteroatoms. The molecule has 1 aromatic carbocycles. The molecule has 2 rings (SSSR count). The van der Waals surface area contributed by atoms with E-state index in [1.165, 1.54) is 0 Å². The molecule has 3 amide bonds. The lowest BCUT2D eigenvalue weighted by Gasteiger charge is -2.03. The quantitative estimate of drug-likeness (QED) is 0.774. The summed E-state index contributed by atoms with van der Waals surface area (Å²) in [5, 5.41) is 4.87. The summed E-state index contributed by atoms with van der Waals surface area (Å²) < 4.78 is 7.59. The van der Waals surface area contributed by atoms with Crippen LogP contribution in [0, 0.1) is 0 Å².